The molecule has 0 saturated heterocycles. The molecule has 0 bridgehead atoms. The van der Waals surface area contributed by atoms with E-state index in [1.54, 1.807) is 4.88 Å². The van der Waals surface area contributed by atoms with Gasteiger partial charge in [0.05, 0.1) is 11.7 Å². The molecule has 0 radical (unpaired) electrons. The van der Waals surface area contributed by atoms with E-state index < -0.39 is 0 Å². The Labute approximate surface area is 101 Å². The van der Waals surface area contributed by atoms with Crippen LogP contribution in [-0.4, -0.2) is 12.0 Å². The molecular weight excluding hydrogens is 216 g/mol. The minimum atomic E-state index is 0.526. The summed E-state index contributed by atoms with van der Waals surface area (Å²) in [6, 6.07) is 0.526. The second-order valence-electron chi connectivity index (χ2n) is 5.09. The van der Waals surface area contributed by atoms with Crippen molar-refractivity contribution in [1.82, 2.24) is 10.3 Å². The van der Waals surface area contributed by atoms with Crippen molar-refractivity contribution in [2.45, 2.75) is 51.0 Å². The fourth-order valence-corrected chi connectivity index (χ4v) is 4.55. The van der Waals surface area contributed by atoms with Gasteiger partial charge in [0.1, 0.15) is 5.01 Å². The van der Waals surface area contributed by atoms with Gasteiger partial charge in [0.25, 0.3) is 0 Å². The average molecular weight is 236 g/mol. The third kappa shape index (κ3) is 1.80. The number of aromatic nitrogens is 1. The van der Waals surface area contributed by atoms with E-state index in [4.69, 9.17) is 4.98 Å². The number of aryl methyl sites for hydroxylation is 2. The summed E-state index contributed by atoms with van der Waals surface area (Å²) in [4.78, 5) is 6.43. The SMILES string of the molecule is CNC(c1nc2c(s1)CCC2)C1CCCC1. The molecule has 0 spiro atoms. The lowest BCUT2D eigenvalue weighted by Crippen LogP contribution is -2.23. The average Bonchev–Trinajstić information content (AvgIpc) is 2.91. The molecule has 1 saturated carbocycles. The lowest BCUT2D eigenvalue weighted by molar-refractivity contribution is 0.389. The number of nitrogens with zero attached hydrogens (tertiary/aromatic N) is 1. The molecule has 16 heavy (non-hydrogen) atoms. The zero-order chi connectivity index (χ0) is 11.0. The summed E-state index contributed by atoms with van der Waals surface area (Å²) in [5.74, 6) is 0.830. The largest absolute Gasteiger partial charge is 0.311 e. The van der Waals surface area contributed by atoms with Crippen molar-refractivity contribution in [3.8, 4) is 0 Å². The molecule has 0 amide bonds. The topological polar surface area (TPSA) is 24.9 Å². The Morgan fingerprint density at radius 1 is 1.25 bits per heavy atom. The Morgan fingerprint density at radius 3 is 2.75 bits per heavy atom. The van der Waals surface area contributed by atoms with Gasteiger partial charge >= 0.3 is 0 Å². The van der Waals surface area contributed by atoms with E-state index in [-0.39, 0.29) is 0 Å². The summed E-state index contributed by atoms with van der Waals surface area (Å²) in [6.45, 7) is 0. The summed E-state index contributed by atoms with van der Waals surface area (Å²) < 4.78 is 0. The zero-order valence-corrected chi connectivity index (χ0v) is 10.8. The van der Waals surface area contributed by atoms with Crippen LogP contribution >= 0.6 is 11.3 Å². The normalized spacial score (nSPS) is 22.6. The zero-order valence-electron chi connectivity index (χ0n) is 9.96. The standard InChI is InChI=1S/C13H20N2S/c1-14-12(9-5-2-3-6-9)13-15-10-7-4-8-11(10)16-13/h9,12,14H,2-8H2,1H3. The molecule has 3 heteroatoms. The van der Waals surface area contributed by atoms with Gasteiger partial charge in [0.15, 0.2) is 0 Å². The van der Waals surface area contributed by atoms with Crippen molar-refractivity contribution in [3.63, 3.8) is 0 Å². The molecule has 1 aromatic rings. The Morgan fingerprint density at radius 2 is 2.06 bits per heavy atom. The van der Waals surface area contributed by atoms with Crippen molar-refractivity contribution in [2.75, 3.05) is 7.05 Å². The number of nitrogens with one attached hydrogen (secondary N) is 1. The minimum absolute atomic E-state index is 0.526. The monoisotopic (exact) mass is 236 g/mol. The van der Waals surface area contributed by atoms with Crippen LogP contribution in [0.2, 0.25) is 0 Å². The highest BCUT2D eigenvalue weighted by atomic mass is 32.1. The van der Waals surface area contributed by atoms with E-state index in [0.29, 0.717) is 6.04 Å². The molecule has 1 fully saturated rings. The molecule has 1 unspecified atom stereocenters. The van der Waals surface area contributed by atoms with Crippen LogP contribution in [0.1, 0.15) is 53.7 Å². The fourth-order valence-electron chi connectivity index (χ4n) is 3.19. The van der Waals surface area contributed by atoms with Crippen molar-refractivity contribution in [3.05, 3.63) is 15.6 Å². The second-order valence-corrected chi connectivity index (χ2v) is 6.20. The molecular formula is C13H20N2S. The molecule has 3 rings (SSSR count). The quantitative estimate of drug-likeness (QED) is 0.872. The fraction of sp³-hybridized carbons (Fsp3) is 0.769. The number of hydrogen-bond acceptors (Lipinski definition) is 3. The van der Waals surface area contributed by atoms with Gasteiger partial charge in [-0.25, -0.2) is 4.98 Å². The Kier molecular flexibility index (Phi) is 2.99. The summed E-state index contributed by atoms with van der Waals surface area (Å²) in [5, 5.41) is 4.86. The van der Waals surface area contributed by atoms with Crippen molar-refractivity contribution in [1.29, 1.82) is 0 Å². The van der Waals surface area contributed by atoms with Crippen LogP contribution in [0.3, 0.4) is 0 Å². The van der Waals surface area contributed by atoms with Crippen LogP contribution in [0.5, 0.6) is 0 Å². The lowest BCUT2D eigenvalue weighted by Gasteiger charge is -2.20. The van der Waals surface area contributed by atoms with Crippen LogP contribution in [-0.2, 0) is 12.8 Å². The van der Waals surface area contributed by atoms with E-state index in [1.165, 1.54) is 55.6 Å². The highest BCUT2D eigenvalue weighted by Crippen LogP contribution is 2.39. The minimum Gasteiger partial charge on any atom is -0.311 e. The summed E-state index contributed by atoms with van der Waals surface area (Å²) in [5.41, 5.74) is 1.40. The summed E-state index contributed by atoms with van der Waals surface area (Å²) in [6.07, 6.45) is 9.40. The molecule has 1 aromatic heterocycles. The van der Waals surface area contributed by atoms with Gasteiger partial charge in [-0.3, -0.25) is 0 Å². The molecule has 1 heterocycles. The predicted octanol–water partition coefficient (Wildman–Crippen LogP) is 3.08. The van der Waals surface area contributed by atoms with E-state index in [1.807, 2.05) is 11.3 Å². The first-order chi connectivity index (χ1) is 7.88. The Balaban J connectivity index is 1.82. The summed E-state index contributed by atoms with van der Waals surface area (Å²) in [7, 11) is 2.09. The van der Waals surface area contributed by atoms with Gasteiger partial charge in [-0.15, -0.1) is 11.3 Å². The van der Waals surface area contributed by atoms with Gasteiger partial charge in [-0.2, -0.15) is 0 Å². The van der Waals surface area contributed by atoms with E-state index >= 15 is 0 Å². The maximum Gasteiger partial charge on any atom is 0.110 e. The van der Waals surface area contributed by atoms with Gasteiger partial charge < -0.3 is 5.32 Å². The van der Waals surface area contributed by atoms with Crippen molar-refractivity contribution >= 4 is 11.3 Å². The second kappa shape index (κ2) is 4.46. The van der Waals surface area contributed by atoms with Crippen LogP contribution in [0.25, 0.3) is 0 Å². The van der Waals surface area contributed by atoms with Crippen molar-refractivity contribution in [2.24, 2.45) is 5.92 Å². The van der Waals surface area contributed by atoms with Gasteiger partial charge in [0, 0.05) is 4.88 Å². The summed E-state index contributed by atoms with van der Waals surface area (Å²) >= 11 is 1.97. The molecule has 0 aromatic carbocycles. The molecule has 2 nitrogen and oxygen atoms in total. The molecule has 88 valence electrons. The van der Waals surface area contributed by atoms with E-state index in [9.17, 15) is 0 Å². The molecule has 1 atom stereocenters. The smallest absolute Gasteiger partial charge is 0.110 e. The highest BCUT2D eigenvalue weighted by molar-refractivity contribution is 7.11. The number of thiazole rings is 1. The number of hydrogen-bond donors (Lipinski definition) is 1. The maximum absolute atomic E-state index is 4.86. The first-order valence-corrected chi connectivity index (χ1v) is 7.36. The van der Waals surface area contributed by atoms with Crippen LogP contribution in [0, 0.1) is 5.92 Å². The third-order valence-corrected chi connectivity index (χ3v) is 5.30. The maximum atomic E-state index is 4.86. The lowest BCUT2D eigenvalue weighted by atomic mass is 9.99. The van der Waals surface area contributed by atoms with Gasteiger partial charge in [0.2, 0.25) is 0 Å². The third-order valence-electron chi connectivity index (χ3n) is 4.06. The van der Waals surface area contributed by atoms with Crippen LogP contribution in [0.15, 0.2) is 0 Å². The van der Waals surface area contributed by atoms with E-state index in [0.717, 1.165) is 5.92 Å². The van der Waals surface area contributed by atoms with Crippen LogP contribution < -0.4 is 5.32 Å². The predicted molar refractivity (Wildman–Crippen MR) is 67.9 cm³/mol. The molecule has 2 aliphatic carbocycles. The first-order valence-electron chi connectivity index (χ1n) is 6.54. The molecule has 2 aliphatic rings. The number of rotatable bonds is 3. The Bertz CT molecular complexity index is 345. The Hall–Kier alpha value is -0.410. The van der Waals surface area contributed by atoms with Crippen molar-refractivity contribution < 1.29 is 0 Å². The van der Waals surface area contributed by atoms with E-state index in [2.05, 4.69) is 12.4 Å². The molecule has 0 aliphatic heterocycles. The molecule has 1 N–H and O–H groups in total. The van der Waals surface area contributed by atoms with Gasteiger partial charge in [-0.05, 0) is 45.1 Å². The first kappa shape index (κ1) is 10.7. The van der Waals surface area contributed by atoms with Crippen LogP contribution in [0.4, 0.5) is 0 Å². The van der Waals surface area contributed by atoms with Gasteiger partial charge in [-0.1, -0.05) is 12.8 Å². The highest BCUT2D eigenvalue weighted by Gasteiger charge is 2.29. The number of fused-ring (bicyclic) bond motifs is 1.